The van der Waals surface area contributed by atoms with E-state index in [1.54, 1.807) is 18.2 Å². The smallest absolute Gasteiger partial charge is 0.252 e. The number of carbonyl (C=O) groups excluding carboxylic acids is 1. The van der Waals surface area contributed by atoms with Crippen LogP contribution in [0, 0.1) is 0 Å². The summed E-state index contributed by atoms with van der Waals surface area (Å²) in [4.78, 5) is 15.6. The zero-order valence-electron chi connectivity index (χ0n) is 9.97. The first-order chi connectivity index (χ1) is 9.24. The molecule has 1 heterocycles. The topological polar surface area (TPSA) is 38.7 Å². The highest BCUT2D eigenvalue weighted by atomic mass is 35.5. The van der Waals surface area contributed by atoms with Crippen LogP contribution in [0.4, 0.5) is 5.69 Å². The summed E-state index contributed by atoms with van der Waals surface area (Å²) in [5.74, 6) is 0.595. The lowest BCUT2D eigenvalue weighted by Gasteiger charge is -2.17. The van der Waals surface area contributed by atoms with E-state index in [4.69, 9.17) is 16.3 Å². The van der Waals surface area contributed by atoms with Gasteiger partial charge in [-0.3, -0.25) is 4.79 Å². The summed E-state index contributed by atoms with van der Waals surface area (Å²) in [5, 5.41) is -0.472. The summed E-state index contributed by atoms with van der Waals surface area (Å²) < 4.78 is 5.62. The molecule has 0 fully saturated rings. The van der Waals surface area contributed by atoms with Crippen LogP contribution in [0.3, 0.4) is 0 Å². The molecule has 19 heavy (non-hydrogen) atoms. The van der Waals surface area contributed by atoms with Gasteiger partial charge in [-0.15, -0.1) is 0 Å². The maximum absolute atomic E-state index is 11.1. The number of hydrogen-bond donors (Lipinski definition) is 0. The van der Waals surface area contributed by atoms with Gasteiger partial charge >= 0.3 is 0 Å². The number of ether oxygens (including phenoxy) is 1. The summed E-state index contributed by atoms with van der Waals surface area (Å²) in [6.45, 7) is 0.390. The van der Waals surface area contributed by atoms with E-state index < -0.39 is 5.24 Å². The van der Waals surface area contributed by atoms with Gasteiger partial charge in [0.2, 0.25) is 5.90 Å². The second kappa shape index (κ2) is 4.86. The van der Waals surface area contributed by atoms with Gasteiger partial charge in [0.1, 0.15) is 6.61 Å². The molecule has 0 radical (unpaired) electrons. The van der Waals surface area contributed by atoms with Crippen LogP contribution < -0.4 is 0 Å². The summed E-state index contributed by atoms with van der Waals surface area (Å²) in [5.41, 5.74) is 3.07. The Balaban J connectivity index is 2.00. The molecule has 2 aromatic carbocycles. The molecule has 0 aliphatic carbocycles. The Morgan fingerprint density at radius 1 is 1.16 bits per heavy atom. The standard InChI is InChI=1S/C15H10ClNO2/c16-14(18)11-6-7-13-12(8-11)9-19-15(17-13)10-4-2-1-3-5-10/h1-8H,9H2. The highest BCUT2D eigenvalue weighted by Gasteiger charge is 2.16. The van der Waals surface area contributed by atoms with E-state index in [-0.39, 0.29) is 0 Å². The molecular weight excluding hydrogens is 262 g/mol. The summed E-state index contributed by atoms with van der Waals surface area (Å²) in [7, 11) is 0. The molecule has 0 atom stereocenters. The van der Waals surface area contributed by atoms with Crippen LogP contribution in [0.5, 0.6) is 0 Å². The van der Waals surface area contributed by atoms with Crippen molar-refractivity contribution in [1.29, 1.82) is 0 Å². The highest BCUT2D eigenvalue weighted by molar-refractivity contribution is 6.67. The van der Waals surface area contributed by atoms with Crippen molar-refractivity contribution in [1.82, 2.24) is 0 Å². The first kappa shape index (κ1) is 11.9. The second-order valence-corrected chi connectivity index (χ2v) is 4.53. The lowest BCUT2D eigenvalue weighted by atomic mass is 10.1. The van der Waals surface area contributed by atoms with Crippen molar-refractivity contribution < 1.29 is 9.53 Å². The average Bonchev–Trinajstić information content (AvgIpc) is 2.47. The van der Waals surface area contributed by atoms with Crippen LogP contribution in [0.2, 0.25) is 0 Å². The van der Waals surface area contributed by atoms with Crippen molar-refractivity contribution in [3.8, 4) is 0 Å². The number of carbonyl (C=O) groups is 1. The third kappa shape index (κ3) is 2.37. The van der Waals surface area contributed by atoms with Gasteiger partial charge in [-0.25, -0.2) is 4.99 Å². The van der Waals surface area contributed by atoms with Crippen LogP contribution in [0.15, 0.2) is 53.5 Å². The molecule has 94 valence electrons. The van der Waals surface area contributed by atoms with E-state index in [0.717, 1.165) is 16.8 Å². The SMILES string of the molecule is O=C(Cl)c1ccc2c(c1)COC(c1ccccc1)=N2. The predicted molar refractivity (Wildman–Crippen MR) is 74.1 cm³/mol. The zero-order chi connectivity index (χ0) is 13.2. The minimum atomic E-state index is -0.472. The monoisotopic (exact) mass is 271 g/mol. The number of aliphatic imine (C=N–C) groups is 1. The van der Waals surface area contributed by atoms with Crippen molar-refractivity contribution in [3.63, 3.8) is 0 Å². The fraction of sp³-hybridized carbons (Fsp3) is 0.0667. The van der Waals surface area contributed by atoms with Crippen LogP contribution in [0.1, 0.15) is 21.5 Å². The Bertz CT molecular complexity index is 665. The van der Waals surface area contributed by atoms with Crippen molar-refractivity contribution in [2.75, 3.05) is 0 Å². The molecule has 1 aliphatic heterocycles. The molecule has 3 rings (SSSR count). The van der Waals surface area contributed by atoms with Gasteiger partial charge in [0.05, 0.1) is 5.69 Å². The van der Waals surface area contributed by atoms with Gasteiger partial charge in [-0.05, 0) is 41.9 Å². The first-order valence-corrected chi connectivity index (χ1v) is 6.21. The molecule has 0 amide bonds. The Morgan fingerprint density at radius 2 is 1.95 bits per heavy atom. The van der Waals surface area contributed by atoms with Gasteiger partial charge in [-0.1, -0.05) is 18.2 Å². The van der Waals surface area contributed by atoms with Crippen molar-refractivity contribution in [2.45, 2.75) is 6.61 Å². The van der Waals surface area contributed by atoms with Crippen LogP contribution in [-0.4, -0.2) is 11.1 Å². The summed E-state index contributed by atoms with van der Waals surface area (Å²) >= 11 is 5.45. The lowest BCUT2D eigenvalue weighted by molar-refractivity contribution is 0.108. The van der Waals surface area contributed by atoms with Crippen molar-refractivity contribution >= 4 is 28.4 Å². The number of nitrogens with zero attached hydrogens (tertiary/aromatic N) is 1. The quantitative estimate of drug-likeness (QED) is 0.782. The van der Waals surface area contributed by atoms with E-state index >= 15 is 0 Å². The second-order valence-electron chi connectivity index (χ2n) is 4.19. The van der Waals surface area contributed by atoms with E-state index in [1.165, 1.54) is 0 Å². The molecule has 3 nitrogen and oxygen atoms in total. The van der Waals surface area contributed by atoms with E-state index in [2.05, 4.69) is 4.99 Å². The molecule has 0 N–H and O–H groups in total. The van der Waals surface area contributed by atoms with Gasteiger partial charge in [0.25, 0.3) is 5.24 Å². The number of benzene rings is 2. The number of rotatable bonds is 2. The molecule has 2 aromatic rings. The Morgan fingerprint density at radius 3 is 2.68 bits per heavy atom. The highest BCUT2D eigenvalue weighted by Crippen LogP contribution is 2.27. The van der Waals surface area contributed by atoms with Crippen molar-refractivity contribution in [3.05, 3.63) is 65.2 Å². The lowest BCUT2D eigenvalue weighted by Crippen LogP contribution is -2.11. The Hall–Kier alpha value is -2.13. The molecule has 0 unspecified atom stereocenters. The van der Waals surface area contributed by atoms with Crippen LogP contribution >= 0.6 is 11.6 Å². The first-order valence-electron chi connectivity index (χ1n) is 5.84. The van der Waals surface area contributed by atoms with Crippen molar-refractivity contribution in [2.24, 2.45) is 4.99 Å². The summed E-state index contributed by atoms with van der Waals surface area (Å²) in [6.07, 6.45) is 0. The molecule has 4 heteroatoms. The minimum Gasteiger partial charge on any atom is -0.472 e. The van der Waals surface area contributed by atoms with E-state index in [0.29, 0.717) is 18.1 Å². The average molecular weight is 272 g/mol. The third-order valence-electron chi connectivity index (χ3n) is 2.91. The van der Waals surface area contributed by atoms with Gasteiger partial charge in [0.15, 0.2) is 0 Å². The van der Waals surface area contributed by atoms with Crippen LogP contribution in [-0.2, 0) is 11.3 Å². The molecule has 1 aliphatic rings. The van der Waals surface area contributed by atoms with Gasteiger partial charge in [0, 0.05) is 16.7 Å². The normalized spacial score (nSPS) is 13.2. The molecule has 0 saturated carbocycles. The fourth-order valence-corrected chi connectivity index (χ4v) is 2.07. The van der Waals surface area contributed by atoms with E-state index in [9.17, 15) is 4.79 Å². The number of hydrogen-bond acceptors (Lipinski definition) is 3. The third-order valence-corrected chi connectivity index (χ3v) is 3.13. The molecule has 0 bridgehead atoms. The van der Waals surface area contributed by atoms with Gasteiger partial charge in [-0.2, -0.15) is 0 Å². The maximum atomic E-state index is 11.1. The van der Waals surface area contributed by atoms with Gasteiger partial charge < -0.3 is 4.74 Å². The zero-order valence-corrected chi connectivity index (χ0v) is 10.7. The largest absolute Gasteiger partial charge is 0.472 e. The molecule has 0 spiro atoms. The molecular formula is C15H10ClNO2. The fourth-order valence-electron chi connectivity index (χ4n) is 1.95. The predicted octanol–water partition coefficient (Wildman–Crippen LogP) is 3.67. The summed E-state index contributed by atoms with van der Waals surface area (Å²) in [6, 6.07) is 14.9. The Kier molecular flexibility index (Phi) is 3.05. The minimum absolute atomic E-state index is 0.390. The van der Waals surface area contributed by atoms with Crippen LogP contribution in [0.25, 0.3) is 0 Å². The maximum Gasteiger partial charge on any atom is 0.252 e. The molecule has 0 saturated heterocycles. The number of halogens is 1. The number of fused-ring (bicyclic) bond motifs is 1. The molecule has 0 aromatic heterocycles. The van der Waals surface area contributed by atoms with E-state index in [1.807, 2.05) is 30.3 Å². The Labute approximate surface area is 115 Å².